The summed E-state index contributed by atoms with van der Waals surface area (Å²) in [6.45, 7) is 0. The summed E-state index contributed by atoms with van der Waals surface area (Å²) in [6.07, 6.45) is 4.79. The van der Waals surface area contributed by atoms with Crippen molar-refractivity contribution in [3.05, 3.63) is 108 Å². The molecule has 4 rings (SSSR count). The van der Waals surface area contributed by atoms with E-state index in [0.717, 1.165) is 41.7 Å². The van der Waals surface area contributed by atoms with Crippen LogP contribution in [0.15, 0.2) is 96.0 Å². The van der Waals surface area contributed by atoms with Gasteiger partial charge in [0.25, 0.3) is 0 Å². The van der Waals surface area contributed by atoms with Crippen molar-refractivity contribution in [1.29, 1.82) is 0 Å². The Morgan fingerprint density at radius 3 is 2.10 bits per heavy atom. The van der Waals surface area contributed by atoms with Gasteiger partial charge < -0.3 is 0 Å². The maximum absolute atomic E-state index is 12.4. The van der Waals surface area contributed by atoms with E-state index in [4.69, 9.17) is 4.99 Å². The van der Waals surface area contributed by atoms with Gasteiger partial charge in [0.2, 0.25) is 11.3 Å². The fraction of sp³-hybridized carbons (Fsp3) is 0.192. The first-order valence-corrected chi connectivity index (χ1v) is 10.1. The van der Waals surface area contributed by atoms with Crippen LogP contribution in [0.1, 0.15) is 47.2 Å². The van der Waals surface area contributed by atoms with Gasteiger partial charge in [-0.15, -0.1) is 0 Å². The van der Waals surface area contributed by atoms with Crippen molar-refractivity contribution in [2.45, 2.75) is 31.2 Å². The zero-order chi connectivity index (χ0) is 19.9. The fourth-order valence-corrected chi connectivity index (χ4v) is 3.95. The molecule has 0 saturated carbocycles. The quantitative estimate of drug-likeness (QED) is 0.392. The molecule has 1 heterocycles. The van der Waals surface area contributed by atoms with Gasteiger partial charge in [-0.05, 0) is 17.8 Å². The third kappa shape index (κ3) is 4.09. The summed E-state index contributed by atoms with van der Waals surface area (Å²) < 4.78 is 0. The fourth-order valence-electron chi connectivity index (χ4n) is 3.95. The summed E-state index contributed by atoms with van der Waals surface area (Å²) in [5.74, 6) is 0.200. The van der Waals surface area contributed by atoms with Gasteiger partial charge in [0.15, 0.2) is 5.78 Å². The van der Waals surface area contributed by atoms with E-state index in [-0.39, 0.29) is 5.78 Å². The monoisotopic (exact) mass is 380 g/mol. The highest BCUT2D eigenvalue weighted by Gasteiger charge is 2.49. The summed E-state index contributed by atoms with van der Waals surface area (Å²) in [5.41, 5.74) is 3.52. The summed E-state index contributed by atoms with van der Waals surface area (Å²) in [6, 6.07) is 30.1. The zero-order valence-corrected chi connectivity index (χ0v) is 16.4. The molecule has 3 aromatic carbocycles. The lowest BCUT2D eigenvalue weighted by molar-refractivity contribution is 0.0978. The Labute approximate surface area is 171 Å². The van der Waals surface area contributed by atoms with E-state index in [0.29, 0.717) is 6.42 Å². The smallest absolute Gasteiger partial charge is 0.294 e. The summed E-state index contributed by atoms with van der Waals surface area (Å²) >= 11 is 0. The van der Waals surface area contributed by atoms with Crippen molar-refractivity contribution in [3.8, 4) is 0 Å². The number of nitrogens with zero attached hydrogens (tertiary/aromatic N) is 2. The summed E-state index contributed by atoms with van der Waals surface area (Å²) in [5, 5.41) is 0. The molecule has 3 nitrogen and oxygen atoms in total. The highest BCUT2D eigenvalue weighted by atomic mass is 16.1. The van der Waals surface area contributed by atoms with Crippen molar-refractivity contribution >= 4 is 17.8 Å². The number of benzene rings is 3. The first kappa shape index (κ1) is 19.0. The number of unbranched alkanes of at least 4 members (excludes halogenated alkanes) is 1. The topological polar surface area (TPSA) is 43.5 Å². The molecule has 0 aromatic heterocycles. The normalized spacial score (nSPS) is 17.9. The third-order valence-corrected chi connectivity index (χ3v) is 5.44. The molecule has 1 atom stereocenters. The minimum Gasteiger partial charge on any atom is -0.294 e. The molecule has 0 N–H and O–H groups in total. The Kier molecular flexibility index (Phi) is 5.76. The maximum Gasteiger partial charge on any atom is 0.323 e. The van der Waals surface area contributed by atoms with E-state index in [1.807, 2.05) is 66.7 Å². The van der Waals surface area contributed by atoms with Crippen molar-refractivity contribution in [3.63, 3.8) is 0 Å². The van der Waals surface area contributed by atoms with Gasteiger partial charge in [0.05, 0.1) is 0 Å². The molecule has 0 spiro atoms. The second kappa shape index (κ2) is 8.78. The van der Waals surface area contributed by atoms with Crippen LogP contribution in [0.2, 0.25) is 0 Å². The van der Waals surface area contributed by atoms with Gasteiger partial charge in [-0.1, -0.05) is 96.0 Å². The van der Waals surface area contributed by atoms with Crippen LogP contribution in [0.4, 0.5) is 0 Å². The average molecular weight is 380 g/mol. The molecule has 1 aliphatic rings. The standard InChI is InChI=1S/C26H24N2O/c29-24(21-12-4-1-5-13-21)18-10-11-19-26(23-16-8-3-9-17-23)25(27-20-28-26)22-14-6-2-7-15-22/h1-9,12-17,20H,10-11,18-19H2/q+1. The Morgan fingerprint density at radius 2 is 1.41 bits per heavy atom. The van der Waals surface area contributed by atoms with Gasteiger partial charge in [0.1, 0.15) is 0 Å². The number of aliphatic imine (C=N–C) groups is 2. The van der Waals surface area contributed by atoms with Crippen LogP contribution in [0.25, 0.3) is 0 Å². The van der Waals surface area contributed by atoms with E-state index in [9.17, 15) is 4.79 Å². The molecule has 0 saturated heterocycles. The minimum atomic E-state index is -0.488. The largest absolute Gasteiger partial charge is 0.323 e. The van der Waals surface area contributed by atoms with Crippen LogP contribution in [0.5, 0.6) is 0 Å². The van der Waals surface area contributed by atoms with E-state index >= 15 is 0 Å². The Hall–Kier alpha value is -3.33. The highest BCUT2D eigenvalue weighted by molar-refractivity contribution is 6.13. The van der Waals surface area contributed by atoms with Gasteiger partial charge in [-0.2, -0.15) is 0 Å². The lowest BCUT2D eigenvalue weighted by Gasteiger charge is -2.21. The SMILES string of the molecule is O=C(CCCCC1(c2ccccc2)[N+]=CN=C1c1ccccc1)c1ccccc1. The molecular formula is C26H24N2O+. The summed E-state index contributed by atoms with van der Waals surface area (Å²) in [7, 11) is 0. The van der Waals surface area contributed by atoms with Gasteiger partial charge >= 0.3 is 6.34 Å². The molecular weight excluding hydrogens is 356 g/mol. The molecule has 143 valence electrons. The second-order valence-corrected chi connectivity index (χ2v) is 7.31. The molecule has 1 radical (unpaired) electrons. The number of hydrogen-bond acceptors (Lipinski definition) is 3. The van der Waals surface area contributed by atoms with E-state index in [1.54, 1.807) is 6.34 Å². The maximum atomic E-state index is 12.4. The predicted molar refractivity (Wildman–Crippen MR) is 119 cm³/mol. The number of Topliss-reactive ketones (excluding diaryl/α,β-unsaturated/α-hetero) is 1. The molecule has 0 amide bonds. The minimum absolute atomic E-state index is 0.200. The third-order valence-electron chi connectivity index (χ3n) is 5.44. The van der Waals surface area contributed by atoms with Crippen LogP contribution in [0, 0.1) is 0 Å². The molecule has 0 bridgehead atoms. The molecule has 1 aliphatic heterocycles. The van der Waals surface area contributed by atoms with E-state index in [2.05, 4.69) is 29.3 Å². The second-order valence-electron chi connectivity index (χ2n) is 7.31. The van der Waals surface area contributed by atoms with E-state index < -0.39 is 5.54 Å². The Bertz CT molecular complexity index is 1010. The van der Waals surface area contributed by atoms with Gasteiger partial charge in [-0.25, -0.2) is 0 Å². The van der Waals surface area contributed by atoms with Crippen molar-refractivity contribution < 1.29 is 4.79 Å². The summed E-state index contributed by atoms with van der Waals surface area (Å²) in [4.78, 5) is 21.9. The predicted octanol–water partition coefficient (Wildman–Crippen LogP) is 5.19. The van der Waals surface area contributed by atoms with Crippen LogP contribution >= 0.6 is 0 Å². The lowest BCUT2D eigenvalue weighted by Crippen LogP contribution is -2.38. The number of rotatable bonds is 8. The first-order valence-electron chi connectivity index (χ1n) is 10.1. The number of ketones is 1. The Balaban J connectivity index is 1.51. The van der Waals surface area contributed by atoms with Crippen molar-refractivity contribution in [2.75, 3.05) is 0 Å². The first-order chi connectivity index (χ1) is 14.3. The van der Waals surface area contributed by atoms with Crippen LogP contribution in [-0.2, 0) is 5.54 Å². The molecule has 3 aromatic rings. The van der Waals surface area contributed by atoms with Gasteiger partial charge in [-0.3, -0.25) is 4.79 Å². The molecule has 3 heteroatoms. The molecule has 0 fully saturated rings. The number of carbonyl (C=O) groups is 1. The lowest BCUT2D eigenvalue weighted by atomic mass is 9.79. The van der Waals surface area contributed by atoms with Gasteiger partial charge in [0, 0.05) is 29.5 Å². The highest BCUT2D eigenvalue weighted by Crippen LogP contribution is 2.34. The molecule has 29 heavy (non-hydrogen) atoms. The number of hydrogen-bond donors (Lipinski definition) is 0. The van der Waals surface area contributed by atoms with Crippen LogP contribution < -0.4 is 4.99 Å². The van der Waals surface area contributed by atoms with Crippen LogP contribution in [0.3, 0.4) is 0 Å². The molecule has 0 aliphatic carbocycles. The number of carbonyl (C=O) groups excluding carboxylic acids is 1. The Morgan fingerprint density at radius 1 is 0.793 bits per heavy atom. The molecule has 1 unspecified atom stereocenters. The average Bonchev–Trinajstić information content (AvgIpc) is 3.23. The van der Waals surface area contributed by atoms with Crippen LogP contribution in [-0.4, -0.2) is 17.8 Å². The van der Waals surface area contributed by atoms with Crippen molar-refractivity contribution in [2.24, 2.45) is 4.99 Å². The zero-order valence-electron chi connectivity index (χ0n) is 16.4. The van der Waals surface area contributed by atoms with Crippen molar-refractivity contribution in [1.82, 2.24) is 4.99 Å². The van der Waals surface area contributed by atoms with E-state index in [1.165, 1.54) is 0 Å².